The van der Waals surface area contributed by atoms with E-state index in [0.29, 0.717) is 23.5 Å². The topological polar surface area (TPSA) is 46.6 Å². The van der Waals surface area contributed by atoms with Crippen molar-refractivity contribution >= 4 is 29.3 Å². The van der Waals surface area contributed by atoms with Crippen molar-refractivity contribution in [2.24, 2.45) is 0 Å². The molecule has 0 spiro atoms. The third-order valence-corrected chi connectivity index (χ3v) is 5.69. The molecular weight excluding hydrogens is 365 g/mol. The van der Waals surface area contributed by atoms with E-state index in [0.717, 1.165) is 23.2 Å². The molecule has 0 saturated carbocycles. The van der Waals surface area contributed by atoms with E-state index in [1.54, 1.807) is 36.1 Å². The van der Waals surface area contributed by atoms with Crippen molar-refractivity contribution in [2.45, 2.75) is 32.6 Å². The van der Waals surface area contributed by atoms with E-state index < -0.39 is 0 Å². The Morgan fingerprint density at radius 3 is 2.67 bits per heavy atom. The summed E-state index contributed by atoms with van der Waals surface area (Å²) >= 11 is 1.47. The zero-order valence-corrected chi connectivity index (χ0v) is 16.4. The molecule has 1 fully saturated rings. The van der Waals surface area contributed by atoms with Crippen molar-refractivity contribution in [3.8, 4) is 0 Å². The van der Waals surface area contributed by atoms with Gasteiger partial charge in [0, 0.05) is 5.69 Å². The highest BCUT2D eigenvalue weighted by atomic mass is 32.2. The number of amides is 1. The fourth-order valence-corrected chi connectivity index (χ4v) is 4.18. The Balaban J connectivity index is 1.91. The molecule has 4 nitrogen and oxygen atoms in total. The van der Waals surface area contributed by atoms with Crippen LogP contribution in [0.1, 0.15) is 45.8 Å². The van der Waals surface area contributed by atoms with Crippen LogP contribution in [0, 0.1) is 19.7 Å². The first kappa shape index (κ1) is 19.4. The third kappa shape index (κ3) is 4.00. The van der Waals surface area contributed by atoms with E-state index >= 15 is 0 Å². The number of aryl methyl sites for hydroxylation is 2. The second kappa shape index (κ2) is 8.13. The van der Waals surface area contributed by atoms with Crippen molar-refractivity contribution in [1.82, 2.24) is 0 Å². The number of anilines is 1. The second-order valence-corrected chi connectivity index (χ2v) is 7.64. The summed E-state index contributed by atoms with van der Waals surface area (Å²) in [6.45, 7) is 5.88. The number of halogens is 1. The minimum Gasteiger partial charge on any atom is -0.462 e. The lowest BCUT2D eigenvalue weighted by Gasteiger charge is -2.26. The highest BCUT2D eigenvalue weighted by molar-refractivity contribution is 8.00. The largest absolute Gasteiger partial charge is 0.462 e. The average Bonchev–Trinajstić information content (AvgIpc) is 3.03. The van der Waals surface area contributed by atoms with Crippen molar-refractivity contribution in [2.75, 3.05) is 17.3 Å². The molecule has 0 aromatic heterocycles. The number of thioether (sulfide) groups is 1. The van der Waals surface area contributed by atoms with Crippen LogP contribution in [0.3, 0.4) is 0 Å². The molecule has 0 bridgehead atoms. The van der Waals surface area contributed by atoms with E-state index in [1.807, 2.05) is 19.9 Å². The van der Waals surface area contributed by atoms with Crippen LogP contribution in [0.25, 0.3) is 0 Å². The number of nitrogens with zero attached hydrogens (tertiary/aromatic N) is 1. The maximum absolute atomic E-state index is 14.0. The van der Waals surface area contributed by atoms with E-state index in [9.17, 15) is 14.0 Å². The number of carbonyl (C=O) groups excluding carboxylic acids is 2. The normalized spacial score (nSPS) is 16.7. The Kier molecular flexibility index (Phi) is 5.85. The van der Waals surface area contributed by atoms with Gasteiger partial charge >= 0.3 is 5.97 Å². The smallest absolute Gasteiger partial charge is 0.338 e. The van der Waals surface area contributed by atoms with Crippen molar-refractivity contribution in [3.05, 3.63) is 64.5 Å². The maximum Gasteiger partial charge on any atom is 0.338 e. The fourth-order valence-electron chi connectivity index (χ4n) is 3.02. The lowest BCUT2D eigenvalue weighted by molar-refractivity contribution is -0.115. The van der Waals surface area contributed by atoms with Crippen molar-refractivity contribution in [1.29, 1.82) is 0 Å². The van der Waals surface area contributed by atoms with Gasteiger partial charge in [-0.1, -0.05) is 19.1 Å². The molecule has 1 saturated heterocycles. The number of hydrogen-bond acceptors (Lipinski definition) is 4. The summed E-state index contributed by atoms with van der Waals surface area (Å²) < 4.78 is 19.2. The number of hydrogen-bond donors (Lipinski definition) is 0. The van der Waals surface area contributed by atoms with Gasteiger partial charge in [-0.25, -0.2) is 9.18 Å². The average molecular weight is 387 g/mol. The van der Waals surface area contributed by atoms with Crippen LogP contribution in [-0.4, -0.2) is 24.2 Å². The zero-order valence-electron chi connectivity index (χ0n) is 15.6. The van der Waals surface area contributed by atoms with Crippen LogP contribution in [-0.2, 0) is 9.53 Å². The zero-order chi connectivity index (χ0) is 19.6. The summed E-state index contributed by atoms with van der Waals surface area (Å²) in [7, 11) is 0. The van der Waals surface area contributed by atoms with Gasteiger partial charge in [-0.15, -0.1) is 11.8 Å². The molecule has 1 aliphatic heterocycles. The molecule has 27 heavy (non-hydrogen) atoms. The number of carbonyl (C=O) groups is 2. The Labute approximate surface area is 162 Å². The molecule has 1 unspecified atom stereocenters. The number of benzene rings is 2. The summed E-state index contributed by atoms with van der Waals surface area (Å²) in [5.41, 5.74) is 3.31. The molecule has 6 heteroatoms. The van der Waals surface area contributed by atoms with Gasteiger partial charge in [0.25, 0.3) is 0 Å². The summed E-state index contributed by atoms with van der Waals surface area (Å²) in [5, 5.41) is -0.288. The molecule has 2 aromatic rings. The summed E-state index contributed by atoms with van der Waals surface area (Å²) in [6.07, 6.45) is 0.761. The molecule has 142 valence electrons. The quantitative estimate of drug-likeness (QED) is 0.692. The Hall–Kier alpha value is -2.34. The molecule has 0 radical (unpaired) electrons. The van der Waals surface area contributed by atoms with Gasteiger partial charge in [0.1, 0.15) is 11.2 Å². The van der Waals surface area contributed by atoms with Gasteiger partial charge in [-0.3, -0.25) is 9.69 Å². The predicted molar refractivity (Wildman–Crippen MR) is 106 cm³/mol. The highest BCUT2D eigenvalue weighted by Crippen LogP contribution is 2.43. The maximum atomic E-state index is 14.0. The van der Waals surface area contributed by atoms with Crippen molar-refractivity contribution < 1.29 is 18.7 Å². The highest BCUT2D eigenvalue weighted by Gasteiger charge is 2.35. The third-order valence-electron chi connectivity index (χ3n) is 4.48. The first-order chi connectivity index (χ1) is 12.9. The van der Waals surface area contributed by atoms with E-state index in [-0.39, 0.29) is 23.1 Å². The van der Waals surface area contributed by atoms with Gasteiger partial charge in [-0.05, 0) is 61.2 Å². The molecular formula is C21H22FNO3S. The monoisotopic (exact) mass is 387 g/mol. The Morgan fingerprint density at radius 2 is 2.00 bits per heavy atom. The van der Waals surface area contributed by atoms with Crippen LogP contribution in [0.2, 0.25) is 0 Å². The SMILES string of the molecule is CCCOC(=O)c1ccc(N2C(=O)CSC2c2ccc(C)c(F)c2)c(C)c1. The molecule has 1 heterocycles. The van der Waals surface area contributed by atoms with Crippen LogP contribution in [0.5, 0.6) is 0 Å². The Morgan fingerprint density at radius 1 is 1.22 bits per heavy atom. The molecule has 2 aromatic carbocycles. The number of esters is 1. The summed E-state index contributed by atoms with van der Waals surface area (Å²) in [4.78, 5) is 26.3. The van der Waals surface area contributed by atoms with Crippen LogP contribution >= 0.6 is 11.8 Å². The van der Waals surface area contributed by atoms with Crippen LogP contribution in [0.4, 0.5) is 10.1 Å². The summed E-state index contributed by atoms with van der Waals surface area (Å²) in [6, 6.07) is 10.2. The van der Waals surface area contributed by atoms with E-state index in [1.165, 1.54) is 17.8 Å². The van der Waals surface area contributed by atoms with Crippen molar-refractivity contribution in [3.63, 3.8) is 0 Å². The summed E-state index contributed by atoms with van der Waals surface area (Å²) in [5.74, 6) is -0.348. The van der Waals surface area contributed by atoms with Gasteiger partial charge in [0.15, 0.2) is 0 Å². The minimum absolute atomic E-state index is 0.0320. The molecule has 0 N–H and O–H groups in total. The fraction of sp³-hybridized carbons (Fsp3) is 0.333. The lowest BCUT2D eigenvalue weighted by Crippen LogP contribution is -2.28. The number of ether oxygens (including phenoxy) is 1. The molecule has 1 amide bonds. The first-order valence-electron chi connectivity index (χ1n) is 8.90. The standard InChI is InChI=1S/C21H22FNO3S/c1-4-9-26-21(25)16-7-8-18(14(3)10-16)23-19(24)12-27-20(23)15-6-5-13(2)17(22)11-15/h5-8,10-11,20H,4,9,12H2,1-3H3. The molecule has 3 rings (SSSR count). The lowest BCUT2D eigenvalue weighted by atomic mass is 10.1. The van der Waals surface area contributed by atoms with Gasteiger partial charge < -0.3 is 4.74 Å². The number of rotatable bonds is 5. The van der Waals surface area contributed by atoms with Crippen LogP contribution < -0.4 is 4.90 Å². The predicted octanol–water partition coefficient (Wildman–Crippen LogP) is 4.79. The van der Waals surface area contributed by atoms with Gasteiger partial charge in [0.05, 0.1) is 17.9 Å². The molecule has 1 atom stereocenters. The first-order valence-corrected chi connectivity index (χ1v) is 9.94. The van der Waals surface area contributed by atoms with Gasteiger partial charge in [-0.2, -0.15) is 0 Å². The van der Waals surface area contributed by atoms with E-state index in [4.69, 9.17) is 4.74 Å². The molecule has 0 aliphatic carbocycles. The second-order valence-electron chi connectivity index (χ2n) is 6.57. The van der Waals surface area contributed by atoms with Gasteiger partial charge in [0.2, 0.25) is 5.91 Å². The Bertz CT molecular complexity index is 884. The molecule has 1 aliphatic rings. The van der Waals surface area contributed by atoms with Crippen LogP contribution in [0.15, 0.2) is 36.4 Å². The minimum atomic E-state index is -0.370. The van der Waals surface area contributed by atoms with E-state index in [2.05, 4.69) is 0 Å².